The number of carbonyl (C=O) groups is 1. The molecule has 6 nitrogen and oxygen atoms in total. The molecule has 1 atom stereocenters. The number of amides is 1. The molecule has 2 heterocycles. The average Bonchev–Trinajstić information content (AvgIpc) is 2.79. The van der Waals surface area contributed by atoms with Gasteiger partial charge in [0.05, 0.1) is 11.6 Å². The van der Waals surface area contributed by atoms with Gasteiger partial charge in [-0.25, -0.2) is 0 Å². The molecule has 160 valence electrons. The topological polar surface area (TPSA) is 67.2 Å². The highest BCUT2D eigenvalue weighted by Crippen LogP contribution is 2.23. The molecule has 1 amide bonds. The molecular weight excluding hydrogens is 412 g/mol. The molecule has 1 fully saturated rings. The molecule has 0 radical (unpaired) electrons. The molecule has 1 unspecified atom stereocenters. The molecule has 31 heavy (non-hydrogen) atoms. The molecule has 7 heteroatoms. The number of aryl methyl sites for hydroxylation is 1. The Hall–Kier alpha value is -3.12. The average molecular weight is 437 g/mol. The predicted molar refractivity (Wildman–Crippen MR) is 124 cm³/mol. The van der Waals surface area contributed by atoms with Crippen molar-refractivity contribution in [1.82, 2.24) is 9.78 Å². The van der Waals surface area contributed by atoms with E-state index < -0.39 is 0 Å². The van der Waals surface area contributed by atoms with Gasteiger partial charge in [0.25, 0.3) is 5.56 Å². The molecule has 1 aliphatic heterocycles. The molecule has 4 rings (SSSR count). The van der Waals surface area contributed by atoms with E-state index in [9.17, 15) is 9.59 Å². The monoisotopic (exact) mass is 436 g/mol. The third-order valence-electron chi connectivity index (χ3n) is 5.56. The number of hydrogen-bond acceptors (Lipinski definition) is 4. The highest BCUT2D eigenvalue weighted by Gasteiger charge is 2.27. The van der Waals surface area contributed by atoms with E-state index in [1.54, 1.807) is 30.3 Å². The van der Waals surface area contributed by atoms with E-state index >= 15 is 0 Å². The third kappa shape index (κ3) is 4.97. The highest BCUT2D eigenvalue weighted by molar-refractivity contribution is 6.30. The number of aromatic nitrogens is 2. The first-order chi connectivity index (χ1) is 15.0. The minimum atomic E-state index is -0.229. The number of benzene rings is 2. The van der Waals surface area contributed by atoms with Crippen LogP contribution in [0.5, 0.6) is 0 Å². The molecule has 0 aliphatic carbocycles. The zero-order valence-corrected chi connectivity index (χ0v) is 18.2. The van der Waals surface area contributed by atoms with Crippen LogP contribution >= 0.6 is 11.6 Å². The first-order valence-electron chi connectivity index (χ1n) is 10.5. The van der Waals surface area contributed by atoms with E-state index in [0.29, 0.717) is 23.1 Å². The van der Waals surface area contributed by atoms with Crippen LogP contribution in [0.25, 0.3) is 5.69 Å². The summed E-state index contributed by atoms with van der Waals surface area (Å²) in [6, 6.07) is 18.2. The van der Waals surface area contributed by atoms with Crippen molar-refractivity contribution in [2.24, 2.45) is 5.92 Å². The zero-order valence-electron chi connectivity index (χ0n) is 17.4. The van der Waals surface area contributed by atoms with Crippen molar-refractivity contribution < 1.29 is 4.79 Å². The molecule has 3 aromatic rings. The Morgan fingerprint density at radius 2 is 2.00 bits per heavy atom. The van der Waals surface area contributed by atoms with Crippen LogP contribution in [-0.2, 0) is 11.2 Å². The summed E-state index contributed by atoms with van der Waals surface area (Å²) in [6.45, 7) is 3.44. The van der Waals surface area contributed by atoms with E-state index in [1.165, 1.54) is 16.3 Å². The van der Waals surface area contributed by atoms with Crippen molar-refractivity contribution in [3.63, 3.8) is 0 Å². The van der Waals surface area contributed by atoms with E-state index in [2.05, 4.69) is 28.3 Å². The third-order valence-corrected chi connectivity index (χ3v) is 5.79. The van der Waals surface area contributed by atoms with Crippen LogP contribution in [0.1, 0.15) is 25.3 Å². The first kappa shape index (κ1) is 21.1. The zero-order chi connectivity index (χ0) is 21.8. The van der Waals surface area contributed by atoms with E-state index in [4.69, 9.17) is 11.6 Å². The Bertz CT molecular complexity index is 1140. The quantitative estimate of drug-likeness (QED) is 0.647. The molecule has 2 aromatic carbocycles. The maximum absolute atomic E-state index is 12.9. The second-order valence-corrected chi connectivity index (χ2v) is 8.19. The van der Waals surface area contributed by atoms with Gasteiger partial charge in [0.1, 0.15) is 5.82 Å². The van der Waals surface area contributed by atoms with Crippen LogP contribution in [0.4, 0.5) is 11.5 Å². The fourth-order valence-corrected chi connectivity index (χ4v) is 4.06. The lowest BCUT2D eigenvalue weighted by atomic mass is 9.97. The van der Waals surface area contributed by atoms with Crippen LogP contribution in [-0.4, -0.2) is 28.8 Å². The Morgan fingerprint density at radius 3 is 2.81 bits per heavy atom. The maximum Gasteiger partial charge on any atom is 0.271 e. The van der Waals surface area contributed by atoms with Gasteiger partial charge >= 0.3 is 0 Å². The van der Waals surface area contributed by atoms with E-state index in [1.807, 2.05) is 18.2 Å². The number of carbonyl (C=O) groups excluding carboxylic acids is 1. The summed E-state index contributed by atoms with van der Waals surface area (Å²) < 4.78 is 1.35. The summed E-state index contributed by atoms with van der Waals surface area (Å²) in [5.41, 5.74) is 2.40. The molecule has 0 saturated carbocycles. The van der Waals surface area contributed by atoms with Crippen LogP contribution in [0, 0.1) is 5.92 Å². The summed E-state index contributed by atoms with van der Waals surface area (Å²) in [6.07, 6.45) is 2.63. The molecule has 0 bridgehead atoms. The SMILES string of the molecule is CCc1cccc(NC(=O)C2CCCN(c3ccc(=O)n(-c4cccc(Cl)c4)n3)C2)c1. The van der Waals surface area contributed by atoms with Crippen molar-refractivity contribution in [2.45, 2.75) is 26.2 Å². The smallest absolute Gasteiger partial charge is 0.271 e. The van der Waals surface area contributed by atoms with Gasteiger partial charge in [-0.2, -0.15) is 4.68 Å². The molecule has 1 N–H and O–H groups in total. The van der Waals surface area contributed by atoms with E-state index in [-0.39, 0.29) is 17.4 Å². The Kier molecular flexibility index (Phi) is 6.37. The lowest BCUT2D eigenvalue weighted by molar-refractivity contribution is -0.120. The minimum absolute atomic E-state index is 0.0149. The summed E-state index contributed by atoms with van der Waals surface area (Å²) in [7, 11) is 0. The summed E-state index contributed by atoms with van der Waals surface area (Å²) in [4.78, 5) is 27.3. The molecule has 1 saturated heterocycles. The Labute approximate surface area is 186 Å². The largest absolute Gasteiger partial charge is 0.354 e. The van der Waals surface area contributed by atoms with E-state index in [0.717, 1.165) is 31.5 Å². The number of anilines is 2. The number of rotatable bonds is 5. The van der Waals surface area contributed by atoms with Crippen molar-refractivity contribution >= 4 is 29.0 Å². The Balaban J connectivity index is 1.51. The molecule has 0 spiro atoms. The fraction of sp³-hybridized carbons (Fsp3) is 0.292. The second kappa shape index (κ2) is 9.35. The Morgan fingerprint density at radius 1 is 1.16 bits per heavy atom. The molecule has 1 aromatic heterocycles. The summed E-state index contributed by atoms with van der Waals surface area (Å²) >= 11 is 6.08. The summed E-state index contributed by atoms with van der Waals surface area (Å²) in [5, 5.41) is 8.14. The molecular formula is C24H25ClN4O2. The number of nitrogens with one attached hydrogen (secondary N) is 1. The van der Waals surface area contributed by atoms with Crippen molar-refractivity contribution in [3.8, 4) is 5.69 Å². The van der Waals surface area contributed by atoms with Gasteiger partial charge in [-0.3, -0.25) is 9.59 Å². The van der Waals surface area contributed by atoms with Crippen molar-refractivity contribution in [2.75, 3.05) is 23.3 Å². The molecule has 1 aliphatic rings. The van der Waals surface area contributed by atoms with Crippen LogP contribution in [0.2, 0.25) is 5.02 Å². The lowest BCUT2D eigenvalue weighted by Crippen LogP contribution is -2.41. The van der Waals surface area contributed by atoms with Gasteiger partial charge in [0.2, 0.25) is 5.91 Å². The lowest BCUT2D eigenvalue weighted by Gasteiger charge is -2.33. The van der Waals surface area contributed by atoms with Gasteiger partial charge in [0, 0.05) is 29.9 Å². The van der Waals surface area contributed by atoms with Gasteiger partial charge in [0.15, 0.2) is 0 Å². The van der Waals surface area contributed by atoms with Gasteiger partial charge in [-0.05, 0) is 61.2 Å². The number of halogens is 1. The maximum atomic E-state index is 12.9. The number of hydrogen-bond donors (Lipinski definition) is 1. The van der Waals surface area contributed by atoms with Crippen LogP contribution in [0.15, 0.2) is 65.5 Å². The van der Waals surface area contributed by atoms with Crippen molar-refractivity contribution in [1.29, 1.82) is 0 Å². The normalized spacial score (nSPS) is 16.2. The van der Waals surface area contributed by atoms with Crippen LogP contribution in [0.3, 0.4) is 0 Å². The minimum Gasteiger partial charge on any atom is -0.354 e. The van der Waals surface area contributed by atoms with Crippen molar-refractivity contribution in [3.05, 3.63) is 81.6 Å². The van der Waals surface area contributed by atoms with Gasteiger partial charge < -0.3 is 10.2 Å². The number of piperidine rings is 1. The fourth-order valence-electron chi connectivity index (χ4n) is 3.88. The predicted octanol–water partition coefficient (Wildman–Crippen LogP) is 4.30. The number of nitrogens with zero attached hydrogens (tertiary/aromatic N) is 3. The highest BCUT2D eigenvalue weighted by atomic mass is 35.5. The second-order valence-electron chi connectivity index (χ2n) is 7.75. The van der Waals surface area contributed by atoms with Gasteiger partial charge in [-0.15, -0.1) is 5.10 Å². The van der Waals surface area contributed by atoms with Crippen LogP contribution < -0.4 is 15.8 Å². The first-order valence-corrected chi connectivity index (χ1v) is 10.9. The summed E-state index contributed by atoms with van der Waals surface area (Å²) in [5.74, 6) is 0.540. The van der Waals surface area contributed by atoms with Gasteiger partial charge in [-0.1, -0.05) is 36.7 Å². The standard InChI is InChI=1S/C24H25ClN4O2/c1-2-17-6-3-9-20(14-17)26-24(31)18-7-5-13-28(16-18)22-11-12-23(30)29(27-22)21-10-4-8-19(25)15-21/h3-4,6,8-12,14-15,18H,2,5,7,13,16H2,1H3,(H,26,31).